The lowest BCUT2D eigenvalue weighted by molar-refractivity contribution is -0.121. The molecule has 142 valence electrons. The molecular formula is C21H21N5O2. The molecule has 0 unspecified atom stereocenters. The van der Waals surface area contributed by atoms with Crippen molar-refractivity contribution in [3.05, 3.63) is 59.9 Å². The Kier molecular flexibility index (Phi) is 6.12. The van der Waals surface area contributed by atoms with E-state index in [9.17, 15) is 9.59 Å². The molecule has 7 heteroatoms. The largest absolute Gasteiger partial charge is 0.352 e. The van der Waals surface area contributed by atoms with Gasteiger partial charge < -0.3 is 10.6 Å². The first-order chi connectivity index (χ1) is 13.6. The summed E-state index contributed by atoms with van der Waals surface area (Å²) < 4.78 is 0. The molecule has 2 heterocycles. The number of amides is 2. The molecule has 28 heavy (non-hydrogen) atoms. The maximum absolute atomic E-state index is 12.2. The summed E-state index contributed by atoms with van der Waals surface area (Å²) in [6, 6.07) is 10.6. The van der Waals surface area contributed by atoms with E-state index in [0.29, 0.717) is 43.5 Å². The number of hydrogen-bond donors (Lipinski definition) is 2. The zero-order valence-electron chi connectivity index (χ0n) is 15.4. The Hall–Kier alpha value is -3.53. The molecule has 0 atom stereocenters. The summed E-state index contributed by atoms with van der Waals surface area (Å²) in [5, 5.41) is 13.7. The summed E-state index contributed by atoms with van der Waals surface area (Å²) in [7, 11) is 0. The van der Waals surface area contributed by atoms with E-state index in [-0.39, 0.29) is 11.8 Å². The summed E-state index contributed by atoms with van der Waals surface area (Å²) in [6.45, 7) is 0.398. The van der Waals surface area contributed by atoms with Gasteiger partial charge in [-0.1, -0.05) is 12.1 Å². The van der Waals surface area contributed by atoms with Gasteiger partial charge in [-0.15, -0.1) is 12.3 Å². The molecule has 0 fully saturated rings. The third-order valence-electron chi connectivity index (χ3n) is 4.43. The van der Waals surface area contributed by atoms with Crippen molar-refractivity contribution in [3.63, 3.8) is 0 Å². The predicted molar refractivity (Wildman–Crippen MR) is 105 cm³/mol. The number of aromatic nitrogens is 1. The number of terminal acetylenes is 1. The molecule has 0 spiro atoms. The number of carbonyl (C=O) groups excluding carboxylic acids is 2. The van der Waals surface area contributed by atoms with Gasteiger partial charge in [0.25, 0.3) is 5.91 Å². The zero-order valence-corrected chi connectivity index (χ0v) is 15.4. The summed E-state index contributed by atoms with van der Waals surface area (Å²) in [4.78, 5) is 28.2. The molecule has 2 amide bonds. The maximum atomic E-state index is 12.2. The number of rotatable bonds is 9. The molecule has 0 aliphatic carbocycles. The highest BCUT2D eigenvalue weighted by molar-refractivity contribution is 6.04. The maximum Gasteiger partial charge on any atom is 0.255 e. The zero-order chi connectivity index (χ0) is 19.8. The van der Waals surface area contributed by atoms with Crippen LogP contribution in [-0.2, 0) is 11.3 Å². The Labute approximate surface area is 163 Å². The van der Waals surface area contributed by atoms with Gasteiger partial charge in [0.15, 0.2) is 5.66 Å². The van der Waals surface area contributed by atoms with Crippen LogP contribution in [0.3, 0.4) is 0 Å². The lowest BCUT2D eigenvalue weighted by atomic mass is 10.0. The lowest BCUT2D eigenvalue weighted by Gasteiger charge is -2.10. The van der Waals surface area contributed by atoms with Crippen molar-refractivity contribution in [1.82, 2.24) is 10.3 Å². The highest BCUT2D eigenvalue weighted by atomic mass is 16.2. The summed E-state index contributed by atoms with van der Waals surface area (Å²) in [5.41, 5.74) is 1.64. The van der Waals surface area contributed by atoms with Gasteiger partial charge >= 0.3 is 0 Å². The summed E-state index contributed by atoms with van der Waals surface area (Å²) >= 11 is 0. The van der Waals surface area contributed by atoms with Gasteiger partial charge in [-0.25, -0.2) is 0 Å². The van der Waals surface area contributed by atoms with Crippen molar-refractivity contribution >= 4 is 17.5 Å². The third kappa shape index (κ3) is 5.48. The van der Waals surface area contributed by atoms with E-state index in [0.717, 1.165) is 5.56 Å². The number of carbonyl (C=O) groups is 2. The molecule has 1 aromatic carbocycles. The second kappa shape index (κ2) is 8.91. The van der Waals surface area contributed by atoms with Crippen molar-refractivity contribution in [3.8, 4) is 12.3 Å². The van der Waals surface area contributed by atoms with Gasteiger partial charge in [-0.3, -0.25) is 14.6 Å². The molecule has 2 N–H and O–H groups in total. The molecule has 0 radical (unpaired) electrons. The Morgan fingerprint density at radius 3 is 2.54 bits per heavy atom. The molecule has 0 bridgehead atoms. The van der Waals surface area contributed by atoms with Gasteiger partial charge in [0, 0.05) is 44.0 Å². The van der Waals surface area contributed by atoms with Crippen LogP contribution in [0.15, 0.2) is 59.0 Å². The van der Waals surface area contributed by atoms with Gasteiger partial charge in [0.05, 0.1) is 11.9 Å². The van der Waals surface area contributed by atoms with Crippen molar-refractivity contribution in [1.29, 1.82) is 0 Å². The van der Waals surface area contributed by atoms with E-state index in [1.54, 1.807) is 36.7 Å². The number of anilines is 1. The number of pyridine rings is 1. The minimum absolute atomic E-state index is 0.0595. The Morgan fingerprint density at radius 1 is 1.11 bits per heavy atom. The second-order valence-electron chi connectivity index (χ2n) is 6.56. The lowest BCUT2D eigenvalue weighted by Crippen LogP contribution is -2.24. The highest BCUT2D eigenvalue weighted by Crippen LogP contribution is 2.37. The number of nitrogens with zero attached hydrogens (tertiary/aromatic N) is 3. The van der Waals surface area contributed by atoms with Crippen molar-refractivity contribution in [2.75, 3.05) is 5.32 Å². The molecule has 1 aromatic heterocycles. The topological polar surface area (TPSA) is 95.8 Å². The summed E-state index contributed by atoms with van der Waals surface area (Å²) in [6.07, 6.45) is 10.7. The van der Waals surface area contributed by atoms with Gasteiger partial charge in [0.1, 0.15) is 0 Å². The standard InChI is InChI=1S/C21H21N5O2/c1-2-3-11-21(25-26-21)12-10-19(27)23-14-16-6-8-17(9-7-16)20(28)24-18-5-4-13-22-15-18/h1,4-9,13,15H,3,10-12,14H2,(H,23,27)(H,24,28). The van der Waals surface area contributed by atoms with E-state index in [2.05, 4.69) is 31.8 Å². The van der Waals surface area contributed by atoms with Gasteiger partial charge in [0.2, 0.25) is 5.91 Å². The van der Waals surface area contributed by atoms with Crippen molar-refractivity contribution < 1.29 is 9.59 Å². The summed E-state index contributed by atoms with van der Waals surface area (Å²) in [5.74, 6) is 2.30. The van der Waals surface area contributed by atoms with Crippen LogP contribution in [0.1, 0.15) is 41.6 Å². The number of benzene rings is 1. The molecule has 0 saturated carbocycles. The minimum Gasteiger partial charge on any atom is -0.352 e. The SMILES string of the molecule is C#CCCC1(CCC(=O)NCc2ccc(C(=O)Nc3cccnc3)cc2)N=N1. The molecule has 0 saturated heterocycles. The van der Waals surface area contributed by atoms with E-state index < -0.39 is 5.66 Å². The molecular weight excluding hydrogens is 354 g/mol. The fourth-order valence-corrected chi connectivity index (χ4v) is 2.68. The monoisotopic (exact) mass is 375 g/mol. The predicted octanol–water partition coefficient (Wildman–Crippen LogP) is 3.31. The Balaban J connectivity index is 1.42. The van der Waals surface area contributed by atoms with Crippen LogP contribution in [-0.4, -0.2) is 22.5 Å². The number of hydrogen-bond acceptors (Lipinski definition) is 5. The Morgan fingerprint density at radius 2 is 1.89 bits per heavy atom. The van der Waals surface area contributed by atoms with Crippen LogP contribution in [0.2, 0.25) is 0 Å². The van der Waals surface area contributed by atoms with E-state index >= 15 is 0 Å². The fraction of sp³-hybridized carbons (Fsp3) is 0.286. The normalized spacial score (nSPS) is 13.4. The van der Waals surface area contributed by atoms with E-state index in [1.807, 2.05) is 12.1 Å². The van der Waals surface area contributed by atoms with Crippen LogP contribution >= 0.6 is 0 Å². The van der Waals surface area contributed by atoms with Gasteiger partial charge in [-0.05, 0) is 29.8 Å². The van der Waals surface area contributed by atoms with Crippen molar-refractivity contribution in [2.24, 2.45) is 10.2 Å². The first kappa shape index (κ1) is 19.2. The first-order valence-electron chi connectivity index (χ1n) is 9.05. The van der Waals surface area contributed by atoms with E-state index in [4.69, 9.17) is 6.42 Å². The van der Waals surface area contributed by atoms with E-state index in [1.165, 1.54) is 0 Å². The average Bonchev–Trinajstić information content (AvgIpc) is 3.50. The second-order valence-corrected chi connectivity index (χ2v) is 6.56. The minimum atomic E-state index is -0.438. The molecule has 7 nitrogen and oxygen atoms in total. The smallest absolute Gasteiger partial charge is 0.255 e. The van der Waals surface area contributed by atoms with Gasteiger partial charge in [-0.2, -0.15) is 10.2 Å². The van der Waals surface area contributed by atoms with Crippen molar-refractivity contribution in [2.45, 2.75) is 37.9 Å². The quantitative estimate of drug-likeness (QED) is 0.658. The van der Waals surface area contributed by atoms with Crippen LogP contribution in [0.4, 0.5) is 5.69 Å². The fourth-order valence-electron chi connectivity index (χ4n) is 2.68. The van der Waals surface area contributed by atoms with Crippen LogP contribution < -0.4 is 10.6 Å². The van der Waals surface area contributed by atoms with Crippen LogP contribution in [0, 0.1) is 12.3 Å². The van der Waals surface area contributed by atoms with Crippen LogP contribution in [0.5, 0.6) is 0 Å². The molecule has 3 rings (SSSR count). The van der Waals surface area contributed by atoms with Crippen LogP contribution in [0.25, 0.3) is 0 Å². The molecule has 2 aromatic rings. The molecule has 1 aliphatic rings. The third-order valence-corrected chi connectivity index (χ3v) is 4.43. The average molecular weight is 375 g/mol. The highest BCUT2D eigenvalue weighted by Gasteiger charge is 2.39. The number of nitrogens with one attached hydrogen (secondary N) is 2. The first-order valence-corrected chi connectivity index (χ1v) is 9.05. The molecule has 1 aliphatic heterocycles. The Bertz CT molecular complexity index is 895.